The minimum absolute atomic E-state index is 0.0777. The largest absolute Gasteiger partial charge is 0.382 e. The second kappa shape index (κ2) is 5.43. The first kappa shape index (κ1) is 11.6. The predicted molar refractivity (Wildman–Crippen MR) is 69.9 cm³/mol. The van der Waals surface area contributed by atoms with Crippen molar-refractivity contribution in [2.45, 2.75) is 19.4 Å². The Morgan fingerprint density at radius 1 is 1.38 bits per heavy atom. The lowest BCUT2D eigenvalue weighted by Gasteiger charge is -2.12. The van der Waals surface area contributed by atoms with Crippen molar-refractivity contribution >= 4 is 21.4 Å². The highest BCUT2D eigenvalue weighted by Crippen LogP contribution is 2.29. The Bertz CT molecular complexity index is 452. The SMILES string of the molecule is CCOCCC(N)c1cccc2ccsc12. The van der Waals surface area contributed by atoms with E-state index < -0.39 is 0 Å². The van der Waals surface area contributed by atoms with Crippen LogP contribution in [0.3, 0.4) is 0 Å². The van der Waals surface area contributed by atoms with Gasteiger partial charge in [-0.05, 0) is 35.7 Å². The van der Waals surface area contributed by atoms with Crippen molar-refractivity contribution < 1.29 is 4.74 Å². The van der Waals surface area contributed by atoms with Crippen LogP contribution in [0.2, 0.25) is 0 Å². The molecule has 16 heavy (non-hydrogen) atoms. The number of fused-ring (bicyclic) bond motifs is 1. The lowest BCUT2D eigenvalue weighted by atomic mass is 10.0. The maximum Gasteiger partial charge on any atom is 0.0483 e. The van der Waals surface area contributed by atoms with E-state index in [-0.39, 0.29) is 6.04 Å². The Morgan fingerprint density at radius 3 is 3.06 bits per heavy atom. The highest BCUT2D eigenvalue weighted by molar-refractivity contribution is 7.17. The Hall–Kier alpha value is -0.900. The zero-order valence-corrected chi connectivity index (χ0v) is 10.3. The summed E-state index contributed by atoms with van der Waals surface area (Å²) in [6.07, 6.45) is 0.880. The fraction of sp³-hybridized carbons (Fsp3) is 0.385. The number of rotatable bonds is 5. The van der Waals surface area contributed by atoms with E-state index in [0.717, 1.165) is 19.6 Å². The molecule has 1 aromatic heterocycles. The molecule has 0 saturated heterocycles. The van der Waals surface area contributed by atoms with Crippen molar-refractivity contribution in [1.82, 2.24) is 0 Å². The van der Waals surface area contributed by atoms with Crippen molar-refractivity contribution in [3.8, 4) is 0 Å². The zero-order valence-electron chi connectivity index (χ0n) is 9.48. The van der Waals surface area contributed by atoms with Crippen LogP contribution in [0.1, 0.15) is 24.9 Å². The van der Waals surface area contributed by atoms with E-state index in [1.54, 1.807) is 11.3 Å². The van der Waals surface area contributed by atoms with Gasteiger partial charge in [-0.15, -0.1) is 11.3 Å². The van der Waals surface area contributed by atoms with Crippen molar-refractivity contribution in [2.75, 3.05) is 13.2 Å². The molecule has 1 unspecified atom stereocenters. The molecule has 0 aliphatic rings. The van der Waals surface area contributed by atoms with Crippen LogP contribution in [-0.4, -0.2) is 13.2 Å². The summed E-state index contributed by atoms with van der Waals surface area (Å²) in [4.78, 5) is 0. The molecule has 0 aliphatic carbocycles. The highest BCUT2D eigenvalue weighted by atomic mass is 32.1. The maximum atomic E-state index is 6.19. The van der Waals surface area contributed by atoms with Gasteiger partial charge in [0.05, 0.1) is 0 Å². The van der Waals surface area contributed by atoms with E-state index in [9.17, 15) is 0 Å². The third-order valence-corrected chi connectivity index (χ3v) is 3.67. The van der Waals surface area contributed by atoms with Gasteiger partial charge in [-0.25, -0.2) is 0 Å². The van der Waals surface area contributed by atoms with Crippen molar-refractivity contribution in [3.63, 3.8) is 0 Å². The van der Waals surface area contributed by atoms with Gasteiger partial charge in [-0.1, -0.05) is 18.2 Å². The van der Waals surface area contributed by atoms with Crippen LogP contribution in [0.4, 0.5) is 0 Å². The minimum Gasteiger partial charge on any atom is -0.382 e. The van der Waals surface area contributed by atoms with Crippen LogP contribution >= 0.6 is 11.3 Å². The minimum atomic E-state index is 0.0777. The van der Waals surface area contributed by atoms with Crippen LogP contribution in [0.25, 0.3) is 10.1 Å². The molecular weight excluding hydrogens is 218 g/mol. The van der Waals surface area contributed by atoms with E-state index in [1.165, 1.54) is 15.6 Å². The molecule has 2 rings (SSSR count). The molecule has 1 heterocycles. The second-order valence-electron chi connectivity index (χ2n) is 3.78. The third kappa shape index (κ3) is 2.43. The summed E-state index contributed by atoms with van der Waals surface area (Å²) < 4.78 is 6.65. The first-order valence-corrected chi connectivity index (χ1v) is 6.50. The monoisotopic (exact) mass is 235 g/mol. The van der Waals surface area contributed by atoms with Crippen LogP contribution in [0.15, 0.2) is 29.6 Å². The van der Waals surface area contributed by atoms with Gasteiger partial charge in [0.2, 0.25) is 0 Å². The van der Waals surface area contributed by atoms with Crippen LogP contribution in [0, 0.1) is 0 Å². The Morgan fingerprint density at radius 2 is 2.25 bits per heavy atom. The predicted octanol–water partition coefficient (Wildman–Crippen LogP) is 3.33. The lowest BCUT2D eigenvalue weighted by Crippen LogP contribution is -2.13. The average Bonchev–Trinajstić information content (AvgIpc) is 2.76. The summed E-state index contributed by atoms with van der Waals surface area (Å²) in [5.74, 6) is 0. The summed E-state index contributed by atoms with van der Waals surface area (Å²) in [5, 5.41) is 3.40. The molecule has 1 aromatic carbocycles. The number of thiophene rings is 1. The van der Waals surface area contributed by atoms with Crippen molar-refractivity contribution in [2.24, 2.45) is 5.73 Å². The van der Waals surface area contributed by atoms with E-state index >= 15 is 0 Å². The van der Waals surface area contributed by atoms with Gasteiger partial charge in [0.1, 0.15) is 0 Å². The van der Waals surface area contributed by atoms with Gasteiger partial charge in [0.15, 0.2) is 0 Å². The molecule has 0 fully saturated rings. The van der Waals surface area contributed by atoms with Gasteiger partial charge in [0, 0.05) is 24.0 Å². The number of ether oxygens (including phenoxy) is 1. The Labute approximate surface area is 100 Å². The summed E-state index contributed by atoms with van der Waals surface area (Å²) in [7, 11) is 0. The summed E-state index contributed by atoms with van der Waals surface area (Å²) in [6, 6.07) is 8.54. The van der Waals surface area contributed by atoms with Gasteiger partial charge in [-0.3, -0.25) is 0 Å². The molecule has 0 radical (unpaired) electrons. The summed E-state index contributed by atoms with van der Waals surface area (Å²) in [5.41, 5.74) is 7.43. The molecular formula is C13H17NOS. The number of benzene rings is 1. The van der Waals surface area contributed by atoms with E-state index in [4.69, 9.17) is 10.5 Å². The smallest absolute Gasteiger partial charge is 0.0483 e. The molecule has 0 spiro atoms. The zero-order chi connectivity index (χ0) is 11.4. The first-order valence-electron chi connectivity index (χ1n) is 5.62. The van der Waals surface area contributed by atoms with E-state index in [1.807, 2.05) is 6.92 Å². The maximum absolute atomic E-state index is 6.19. The molecule has 2 aromatic rings. The van der Waals surface area contributed by atoms with Gasteiger partial charge in [-0.2, -0.15) is 0 Å². The lowest BCUT2D eigenvalue weighted by molar-refractivity contribution is 0.140. The standard InChI is InChI=1S/C13H17NOS/c1-2-15-8-6-12(14)11-5-3-4-10-7-9-16-13(10)11/h3-5,7,9,12H,2,6,8,14H2,1H3. The molecule has 1 atom stereocenters. The summed E-state index contributed by atoms with van der Waals surface area (Å²) in [6.45, 7) is 3.50. The molecule has 2 N–H and O–H groups in total. The first-order chi connectivity index (χ1) is 7.83. The molecule has 2 nitrogen and oxygen atoms in total. The highest BCUT2D eigenvalue weighted by Gasteiger charge is 2.10. The number of hydrogen-bond acceptors (Lipinski definition) is 3. The van der Waals surface area contributed by atoms with Gasteiger partial charge >= 0.3 is 0 Å². The van der Waals surface area contributed by atoms with E-state index in [2.05, 4.69) is 29.6 Å². The number of nitrogens with two attached hydrogens (primary N) is 1. The van der Waals surface area contributed by atoms with Crippen molar-refractivity contribution in [3.05, 3.63) is 35.2 Å². The van der Waals surface area contributed by atoms with Crippen LogP contribution in [-0.2, 0) is 4.74 Å². The molecule has 3 heteroatoms. The van der Waals surface area contributed by atoms with Crippen molar-refractivity contribution in [1.29, 1.82) is 0 Å². The molecule has 0 bridgehead atoms. The van der Waals surface area contributed by atoms with Crippen LogP contribution < -0.4 is 5.73 Å². The topological polar surface area (TPSA) is 35.2 Å². The van der Waals surface area contributed by atoms with Gasteiger partial charge in [0.25, 0.3) is 0 Å². The fourth-order valence-corrected chi connectivity index (χ4v) is 2.80. The quantitative estimate of drug-likeness (QED) is 0.807. The van der Waals surface area contributed by atoms with E-state index in [0.29, 0.717) is 0 Å². The second-order valence-corrected chi connectivity index (χ2v) is 4.69. The Balaban J connectivity index is 2.15. The number of hydrogen-bond donors (Lipinski definition) is 1. The molecule has 0 aliphatic heterocycles. The normalized spacial score (nSPS) is 13.1. The van der Waals surface area contributed by atoms with Crippen LogP contribution in [0.5, 0.6) is 0 Å². The Kier molecular flexibility index (Phi) is 3.93. The van der Waals surface area contributed by atoms with Gasteiger partial charge < -0.3 is 10.5 Å². The molecule has 0 amide bonds. The third-order valence-electron chi connectivity index (χ3n) is 2.69. The molecule has 0 saturated carbocycles. The molecule has 86 valence electrons. The fourth-order valence-electron chi connectivity index (χ4n) is 1.82. The average molecular weight is 235 g/mol. The summed E-state index contributed by atoms with van der Waals surface area (Å²) >= 11 is 1.76.